The highest BCUT2D eigenvalue weighted by Gasteiger charge is 2.26. The molecule has 33 heavy (non-hydrogen) atoms. The number of piperidine rings is 1. The second-order valence-electron chi connectivity index (χ2n) is 8.30. The van der Waals surface area contributed by atoms with Crippen molar-refractivity contribution in [3.8, 4) is 5.75 Å². The van der Waals surface area contributed by atoms with Crippen LogP contribution in [0, 0.1) is 0 Å². The number of aromatic nitrogens is 1. The van der Waals surface area contributed by atoms with Gasteiger partial charge in [0.25, 0.3) is 11.8 Å². The Balaban J connectivity index is 1.68. The lowest BCUT2D eigenvalue weighted by molar-refractivity contribution is 0.0702. The quantitative estimate of drug-likeness (QED) is 0.276. The number of aryl methyl sites for hydroxylation is 1. The summed E-state index contributed by atoms with van der Waals surface area (Å²) in [5.74, 6) is -1.05. The molecular formula is C23H30Cl2N4O4. The Morgan fingerprint density at radius 1 is 1.21 bits per heavy atom. The van der Waals surface area contributed by atoms with Crippen LogP contribution in [0.4, 0.5) is 0 Å². The number of benzene rings is 1. The van der Waals surface area contributed by atoms with Crippen molar-refractivity contribution in [2.75, 3.05) is 19.6 Å². The fourth-order valence-corrected chi connectivity index (χ4v) is 4.40. The van der Waals surface area contributed by atoms with Crippen molar-refractivity contribution >= 4 is 35.0 Å². The average molecular weight is 497 g/mol. The number of hydroxylamine groups is 1. The van der Waals surface area contributed by atoms with E-state index in [-0.39, 0.29) is 29.5 Å². The molecule has 3 N–H and O–H groups in total. The summed E-state index contributed by atoms with van der Waals surface area (Å²) >= 11 is 12.0. The number of rotatable bonds is 9. The molecule has 10 heteroatoms. The average Bonchev–Trinajstić information content (AvgIpc) is 3.14. The molecule has 180 valence electrons. The van der Waals surface area contributed by atoms with Crippen LogP contribution in [0.3, 0.4) is 0 Å². The number of ether oxygens (including phenoxy) is 1. The monoisotopic (exact) mass is 496 g/mol. The van der Waals surface area contributed by atoms with Gasteiger partial charge in [-0.2, -0.15) is 0 Å². The number of carbonyl (C=O) groups is 2. The predicted molar refractivity (Wildman–Crippen MR) is 127 cm³/mol. The lowest BCUT2D eigenvalue weighted by Crippen LogP contribution is -2.39. The number of amides is 2. The molecule has 1 aliphatic heterocycles. The van der Waals surface area contributed by atoms with Crippen LogP contribution < -0.4 is 15.5 Å². The van der Waals surface area contributed by atoms with Crippen molar-refractivity contribution < 1.29 is 19.5 Å². The van der Waals surface area contributed by atoms with Gasteiger partial charge < -0.3 is 19.5 Å². The van der Waals surface area contributed by atoms with Crippen LogP contribution in [-0.4, -0.2) is 52.2 Å². The zero-order chi connectivity index (χ0) is 24.0. The van der Waals surface area contributed by atoms with Gasteiger partial charge in [-0.1, -0.05) is 35.7 Å². The van der Waals surface area contributed by atoms with Gasteiger partial charge in [-0.3, -0.25) is 14.8 Å². The fourth-order valence-electron chi connectivity index (χ4n) is 4.08. The maximum absolute atomic E-state index is 13.0. The minimum Gasteiger partial charge on any atom is -0.486 e. The first kappa shape index (κ1) is 25.4. The molecule has 2 amide bonds. The Labute approximate surface area is 203 Å². The number of likely N-dealkylation sites (tertiary alicyclic amines) is 1. The number of nitrogens with zero attached hydrogens (tertiary/aromatic N) is 2. The Hall–Kier alpha value is -2.26. The lowest BCUT2D eigenvalue weighted by Gasteiger charge is -2.33. The standard InChI is InChI=1S/C23H30Cl2N4O4/c1-15-6-3-4-10-29(15)11-5-9-26-23(31)20-21(17(13-28(20)2)22(30)27-32)33-14-16-7-8-18(24)19(25)12-16/h7-8,12-13,15,32H,3-6,9-11,14H2,1-2H3,(H,26,31)(H,27,30). The first-order valence-corrected chi connectivity index (χ1v) is 11.8. The second kappa shape index (κ2) is 11.7. The zero-order valence-electron chi connectivity index (χ0n) is 18.9. The van der Waals surface area contributed by atoms with Gasteiger partial charge in [-0.15, -0.1) is 0 Å². The maximum atomic E-state index is 13.0. The molecule has 2 heterocycles. The van der Waals surface area contributed by atoms with E-state index in [1.54, 1.807) is 30.7 Å². The van der Waals surface area contributed by atoms with Crippen molar-refractivity contribution in [2.45, 2.75) is 45.3 Å². The van der Waals surface area contributed by atoms with E-state index >= 15 is 0 Å². The third-order valence-corrected chi connectivity index (χ3v) is 6.65. The van der Waals surface area contributed by atoms with Crippen LogP contribution >= 0.6 is 23.2 Å². The van der Waals surface area contributed by atoms with Gasteiger partial charge >= 0.3 is 0 Å². The Kier molecular flexibility index (Phi) is 9.02. The first-order chi connectivity index (χ1) is 15.8. The molecule has 8 nitrogen and oxygen atoms in total. The number of hydrogen-bond donors (Lipinski definition) is 3. The second-order valence-corrected chi connectivity index (χ2v) is 9.11. The Morgan fingerprint density at radius 2 is 2.00 bits per heavy atom. The lowest BCUT2D eigenvalue weighted by atomic mass is 10.0. The largest absolute Gasteiger partial charge is 0.486 e. The van der Waals surface area contributed by atoms with Gasteiger partial charge in [0.2, 0.25) is 0 Å². The molecule has 1 atom stereocenters. The van der Waals surface area contributed by atoms with Crippen molar-refractivity contribution in [3.63, 3.8) is 0 Å². The van der Waals surface area contributed by atoms with Crippen LogP contribution in [-0.2, 0) is 13.7 Å². The smallest absolute Gasteiger partial charge is 0.279 e. The number of hydrogen-bond acceptors (Lipinski definition) is 5. The summed E-state index contributed by atoms with van der Waals surface area (Å²) in [4.78, 5) is 27.6. The first-order valence-electron chi connectivity index (χ1n) is 11.0. The van der Waals surface area contributed by atoms with Gasteiger partial charge in [0.15, 0.2) is 5.75 Å². The summed E-state index contributed by atoms with van der Waals surface area (Å²) in [5.41, 5.74) is 2.56. The highest BCUT2D eigenvalue weighted by Crippen LogP contribution is 2.28. The van der Waals surface area contributed by atoms with E-state index in [9.17, 15) is 9.59 Å². The van der Waals surface area contributed by atoms with Crippen LogP contribution in [0.15, 0.2) is 24.4 Å². The Bertz CT molecular complexity index is 995. The molecule has 1 fully saturated rings. The number of nitrogens with one attached hydrogen (secondary N) is 2. The molecule has 1 saturated heterocycles. The van der Waals surface area contributed by atoms with Crippen molar-refractivity contribution in [3.05, 3.63) is 51.3 Å². The fraction of sp³-hybridized carbons (Fsp3) is 0.478. The van der Waals surface area contributed by atoms with Gasteiger partial charge in [0.05, 0.1) is 10.0 Å². The van der Waals surface area contributed by atoms with Gasteiger partial charge in [-0.05, 0) is 50.4 Å². The molecule has 1 aromatic carbocycles. The number of carbonyl (C=O) groups excluding carboxylic acids is 2. The van der Waals surface area contributed by atoms with Gasteiger partial charge in [0.1, 0.15) is 17.9 Å². The zero-order valence-corrected chi connectivity index (χ0v) is 20.4. The van der Waals surface area contributed by atoms with Crippen molar-refractivity contribution in [2.24, 2.45) is 7.05 Å². The molecule has 0 bridgehead atoms. The van der Waals surface area contributed by atoms with E-state index in [1.165, 1.54) is 30.0 Å². The van der Waals surface area contributed by atoms with Crippen LogP contribution in [0.5, 0.6) is 5.75 Å². The van der Waals surface area contributed by atoms with E-state index in [0.717, 1.165) is 19.5 Å². The molecule has 1 aliphatic rings. The summed E-state index contributed by atoms with van der Waals surface area (Å²) in [6, 6.07) is 5.61. The molecule has 2 aromatic rings. The highest BCUT2D eigenvalue weighted by molar-refractivity contribution is 6.42. The minimum atomic E-state index is -0.770. The summed E-state index contributed by atoms with van der Waals surface area (Å²) in [5, 5.41) is 12.8. The summed E-state index contributed by atoms with van der Waals surface area (Å²) in [6.07, 6.45) is 5.97. The Morgan fingerprint density at radius 3 is 2.70 bits per heavy atom. The maximum Gasteiger partial charge on any atom is 0.279 e. The van der Waals surface area contributed by atoms with E-state index in [1.807, 2.05) is 0 Å². The molecule has 1 unspecified atom stereocenters. The molecule has 1 aromatic heterocycles. The minimum absolute atomic E-state index is 0.0485. The van der Waals surface area contributed by atoms with Crippen molar-refractivity contribution in [1.29, 1.82) is 0 Å². The summed E-state index contributed by atoms with van der Waals surface area (Å²) in [6.45, 7) is 4.82. The highest BCUT2D eigenvalue weighted by atomic mass is 35.5. The van der Waals surface area contributed by atoms with E-state index < -0.39 is 5.91 Å². The molecular weight excluding hydrogens is 467 g/mol. The van der Waals surface area contributed by atoms with E-state index in [2.05, 4.69) is 17.1 Å². The number of halogens is 2. The van der Waals surface area contributed by atoms with Crippen molar-refractivity contribution in [1.82, 2.24) is 20.3 Å². The topological polar surface area (TPSA) is 95.8 Å². The summed E-state index contributed by atoms with van der Waals surface area (Å²) < 4.78 is 7.38. The van der Waals surface area contributed by atoms with Crippen LogP contribution in [0.2, 0.25) is 10.0 Å². The van der Waals surface area contributed by atoms with E-state index in [4.69, 9.17) is 33.1 Å². The SMILES string of the molecule is CC1CCCCN1CCCNC(=O)c1c(OCc2ccc(Cl)c(Cl)c2)c(C(=O)NO)cn1C. The third kappa shape index (κ3) is 6.41. The van der Waals surface area contributed by atoms with E-state index in [0.29, 0.717) is 28.2 Å². The normalized spacial score (nSPS) is 16.5. The molecule has 0 radical (unpaired) electrons. The van der Waals surface area contributed by atoms with Crippen LogP contribution in [0.25, 0.3) is 0 Å². The van der Waals surface area contributed by atoms with Gasteiger partial charge in [-0.25, -0.2) is 5.48 Å². The predicted octanol–water partition coefficient (Wildman–Crippen LogP) is 4.02. The van der Waals surface area contributed by atoms with Gasteiger partial charge in [0, 0.05) is 32.4 Å². The molecule has 3 rings (SSSR count). The summed E-state index contributed by atoms with van der Waals surface area (Å²) in [7, 11) is 1.64. The molecule has 0 saturated carbocycles. The molecule has 0 aliphatic carbocycles. The molecule has 0 spiro atoms. The third-order valence-electron chi connectivity index (χ3n) is 5.91. The van der Waals surface area contributed by atoms with Crippen LogP contribution in [0.1, 0.15) is 59.0 Å².